The van der Waals surface area contributed by atoms with Crippen molar-refractivity contribution in [3.05, 3.63) is 0 Å². The van der Waals surface area contributed by atoms with Gasteiger partial charge in [-0.3, -0.25) is 0 Å². The van der Waals surface area contributed by atoms with E-state index < -0.39 is 8.07 Å². The molecule has 0 bridgehead atoms. The van der Waals surface area contributed by atoms with Crippen LogP contribution in [0.4, 0.5) is 0 Å². The smallest absolute Gasteiger partial charge is 0.179 e. The number of hydrogen-bond acceptors (Lipinski definition) is 2. The minimum Gasteiger partial charge on any atom is -0.307 e. The first-order valence-corrected chi connectivity index (χ1v) is 6.80. The third-order valence-corrected chi connectivity index (χ3v) is 4.23. The van der Waals surface area contributed by atoms with Crippen molar-refractivity contribution in [1.29, 1.82) is 5.26 Å². The Hall–Kier alpha value is -0.493. The lowest BCUT2D eigenvalue weighted by Crippen LogP contribution is -2.30. The van der Waals surface area contributed by atoms with Crippen molar-refractivity contribution in [2.24, 2.45) is 0 Å². The summed E-state index contributed by atoms with van der Waals surface area (Å²) < 4.78 is 0. The quantitative estimate of drug-likeness (QED) is 0.309. The average molecular weight is 140 g/mol. The van der Waals surface area contributed by atoms with E-state index in [4.69, 9.17) is 5.26 Å². The second-order valence-corrected chi connectivity index (χ2v) is 9.03. The molecule has 0 N–H and O–H groups in total. The van der Waals surface area contributed by atoms with Crippen molar-refractivity contribution in [3.8, 4) is 6.19 Å². The summed E-state index contributed by atoms with van der Waals surface area (Å²) in [6.07, 6.45) is 2.16. The second kappa shape index (κ2) is 1.74. The molecule has 0 amide bonds. The molecule has 50 valence electrons. The topological polar surface area (TPSA) is 26.8 Å². The van der Waals surface area contributed by atoms with Crippen molar-refractivity contribution in [3.63, 3.8) is 0 Å². The van der Waals surface area contributed by atoms with Crippen LogP contribution in [0, 0.1) is 11.5 Å². The van der Waals surface area contributed by atoms with E-state index in [1.165, 1.54) is 0 Å². The van der Waals surface area contributed by atoms with Gasteiger partial charge in [0.1, 0.15) is 0 Å². The van der Waals surface area contributed by atoms with Gasteiger partial charge in [0.2, 0.25) is 0 Å². The van der Waals surface area contributed by atoms with Gasteiger partial charge in [0.05, 0.1) is 8.07 Å². The first-order valence-electron chi connectivity index (χ1n) is 3.22. The van der Waals surface area contributed by atoms with Gasteiger partial charge in [0.25, 0.3) is 0 Å². The molecule has 1 heterocycles. The number of hydrogen-bond donors (Lipinski definition) is 0. The van der Waals surface area contributed by atoms with Gasteiger partial charge in [-0.05, 0) is 0 Å². The van der Waals surface area contributed by atoms with Crippen LogP contribution >= 0.6 is 0 Å². The summed E-state index contributed by atoms with van der Waals surface area (Å²) in [4.78, 5) is 1.87. The largest absolute Gasteiger partial charge is 0.307 e. The normalized spacial score (nSPS) is 25.6. The number of rotatable bonds is 1. The molecule has 1 aliphatic heterocycles. The Labute approximate surface area is 57.1 Å². The van der Waals surface area contributed by atoms with Gasteiger partial charge in [0, 0.05) is 12.2 Å². The van der Waals surface area contributed by atoms with Crippen molar-refractivity contribution >= 4 is 8.07 Å². The van der Waals surface area contributed by atoms with Crippen LogP contribution in [0.15, 0.2) is 0 Å². The Morgan fingerprint density at radius 1 is 1.56 bits per heavy atom. The van der Waals surface area contributed by atoms with E-state index in [2.05, 4.69) is 25.8 Å². The van der Waals surface area contributed by atoms with Crippen molar-refractivity contribution < 1.29 is 0 Å². The Morgan fingerprint density at radius 2 is 2.11 bits per heavy atom. The average Bonchev–Trinajstić information content (AvgIpc) is 2.39. The Bertz CT molecular complexity index is 153. The zero-order chi connectivity index (χ0) is 7.07. The first-order chi connectivity index (χ1) is 4.05. The van der Waals surface area contributed by atoms with Crippen LogP contribution in [-0.4, -0.2) is 25.2 Å². The highest BCUT2D eigenvalue weighted by molar-refractivity contribution is 6.78. The first kappa shape index (κ1) is 6.62. The third-order valence-electron chi connectivity index (χ3n) is 1.74. The van der Waals surface area contributed by atoms with E-state index in [-0.39, 0.29) is 0 Å². The summed E-state index contributed by atoms with van der Waals surface area (Å²) in [5.74, 6) is 0. The van der Waals surface area contributed by atoms with Crippen LogP contribution in [0.25, 0.3) is 0 Å². The fourth-order valence-corrected chi connectivity index (χ4v) is 2.73. The summed E-state index contributed by atoms with van der Waals surface area (Å²) in [7, 11) is -1.00. The predicted octanol–water partition coefficient (Wildman–Crippen LogP) is 1.03. The Morgan fingerprint density at radius 3 is 2.22 bits per heavy atom. The summed E-state index contributed by atoms with van der Waals surface area (Å²) in [5.41, 5.74) is 0.641. The molecule has 2 nitrogen and oxygen atoms in total. The minimum atomic E-state index is -1.00. The maximum absolute atomic E-state index is 8.44. The van der Waals surface area contributed by atoms with E-state index >= 15 is 0 Å². The maximum atomic E-state index is 8.44. The van der Waals surface area contributed by atoms with E-state index in [9.17, 15) is 0 Å². The molecule has 9 heavy (non-hydrogen) atoms. The molecule has 0 radical (unpaired) electrons. The monoisotopic (exact) mass is 140 g/mol. The lowest BCUT2D eigenvalue weighted by molar-refractivity contribution is 0.765. The predicted molar refractivity (Wildman–Crippen MR) is 39.5 cm³/mol. The summed E-state index contributed by atoms with van der Waals surface area (Å²) >= 11 is 0. The zero-order valence-corrected chi connectivity index (χ0v) is 7.18. The molecule has 3 heteroatoms. The van der Waals surface area contributed by atoms with Crippen LogP contribution in [0.1, 0.15) is 0 Å². The molecule has 0 spiro atoms. The number of nitriles is 1. The Balaban J connectivity index is 2.45. The molecular formula is C6H12N2Si. The molecule has 0 aromatic rings. The SMILES string of the molecule is C[Si](C)(C)C1CN1C#N. The molecule has 1 aliphatic rings. The van der Waals surface area contributed by atoms with Gasteiger partial charge in [-0.15, -0.1) is 0 Å². The van der Waals surface area contributed by atoms with E-state index in [1.54, 1.807) is 0 Å². The van der Waals surface area contributed by atoms with E-state index in [1.807, 2.05) is 4.90 Å². The maximum Gasteiger partial charge on any atom is 0.179 e. The van der Waals surface area contributed by atoms with Crippen LogP contribution < -0.4 is 0 Å². The molecule has 1 atom stereocenters. The van der Waals surface area contributed by atoms with Gasteiger partial charge >= 0.3 is 0 Å². The fourth-order valence-electron chi connectivity index (χ4n) is 0.991. The highest BCUT2D eigenvalue weighted by atomic mass is 28.3. The molecule has 1 rings (SSSR count). The van der Waals surface area contributed by atoms with E-state index in [0.29, 0.717) is 5.67 Å². The molecule has 0 aliphatic carbocycles. The molecular weight excluding hydrogens is 128 g/mol. The van der Waals surface area contributed by atoms with Gasteiger partial charge < -0.3 is 4.90 Å². The molecule has 1 unspecified atom stereocenters. The van der Waals surface area contributed by atoms with Gasteiger partial charge in [-0.25, -0.2) is 0 Å². The van der Waals surface area contributed by atoms with Crippen molar-refractivity contribution in [1.82, 2.24) is 4.90 Å². The molecule has 1 fully saturated rings. The molecule has 1 saturated heterocycles. The van der Waals surface area contributed by atoms with Crippen LogP contribution in [0.5, 0.6) is 0 Å². The lowest BCUT2D eigenvalue weighted by atomic mass is 11.0. The molecule has 0 saturated carbocycles. The zero-order valence-electron chi connectivity index (χ0n) is 6.18. The number of nitrogens with zero attached hydrogens (tertiary/aromatic N) is 2. The Kier molecular flexibility index (Phi) is 1.28. The van der Waals surface area contributed by atoms with Gasteiger partial charge in [-0.1, -0.05) is 19.6 Å². The second-order valence-electron chi connectivity index (χ2n) is 3.63. The van der Waals surface area contributed by atoms with Crippen molar-refractivity contribution in [2.75, 3.05) is 6.54 Å². The third kappa shape index (κ3) is 1.25. The highest BCUT2D eigenvalue weighted by Crippen LogP contribution is 2.25. The fraction of sp³-hybridized carbons (Fsp3) is 0.833. The highest BCUT2D eigenvalue weighted by Gasteiger charge is 2.43. The molecule has 0 aromatic heterocycles. The van der Waals surface area contributed by atoms with Crippen LogP contribution in [-0.2, 0) is 0 Å². The summed E-state index contributed by atoms with van der Waals surface area (Å²) in [5, 5.41) is 8.44. The van der Waals surface area contributed by atoms with Gasteiger partial charge in [0.15, 0.2) is 6.19 Å². The van der Waals surface area contributed by atoms with Crippen LogP contribution in [0.2, 0.25) is 19.6 Å². The summed E-state index contributed by atoms with van der Waals surface area (Å²) in [6, 6.07) is 0. The van der Waals surface area contributed by atoms with E-state index in [0.717, 1.165) is 6.54 Å². The minimum absolute atomic E-state index is 0.641. The van der Waals surface area contributed by atoms with Crippen LogP contribution in [0.3, 0.4) is 0 Å². The standard InChI is InChI=1S/C6H12N2Si/c1-9(2,3)6-4-8(6)5-7/h6H,4H2,1-3H3. The van der Waals surface area contributed by atoms with Crippen molar-refractivity contribution in [2.45, 2.75) is 25.3 Å². The summed E-state index contributed by atoms with van der Waals surface area (Å²) in [6.45, 7) is 7.92. The van der Waals surface area contributed by atoms with Gasteiger partial charge in [-0.2, -0.15) is 5.26 Å². The lowest BCUT2D eigenvalue weighted by Gasteiger charge is -2.12. The molecule has 0 aromatic carbocycles.